The van der Waals surface area contributed by atoms with Gasteiger partial charge in [-0.15, -0.1) is 0 Å². The van der Waals surface area contributed by atoms with Gasteiger partial charge in [0.05, 0.1) is 43.1 Å². The molecule has 0 unspecified atom stereocenters. The van der Waals surface area contributed by atoms with Crippen LogP contribution in [-0.4, -0.2) is 59.7 Å². The number of ketones is 1. The first-order valence-electron chi connectivity index (χ1n) is 10.2. The Balaban J connectivity index is 1.92. The third kappa shape index (κ3) is 5.67. The lowest BCUT2D eigenvalue weighted by Crippen LogP contribution is -2.37. The Hall–Kier alpha value is -3.02. The molecule has 7 nitrogen and oxygen atoms in total. The van der Waals surface area contributed by atoms with Crippen molar-refractivity contribution in [1.29, 1.82) is 0 Å². The van der Waals surface area contributed by atoms with Crippen LogP contribution in [0.25, 0.3) is 0 Å². The Kier molecular flexibility index (Phi) is 7.67. The van der Waals surface area contributed by atoms with Crippen LogP contribution in [0.5, 0.6) is 0 Å². The van der Waals surface area contributed by atoms with Crippen LogP contribution >= 0.6 is 0 Å². The maximum atomic E-state index is 14.3. The summed E-state index contributed by atoms with van der Waals surface area (Å²) in [6, 6.07) is 5.99. The number of amides is 1. The highest BCUT2D eigenvalue weighted by atomic mass is 19.4. The van der Waals surface area contributed by atoms with Crippen molar-refractivity contribution < 1.29 is 37.4 Å². The van der Waals surface area contributed by atoms with E-state index in [0.717, 1.165) is 12.1 Å². The van der Waals surface area contributed by atoms with Gasteiger partial charge in [0.15, 0.2) is 5.78 Å². The zero-order chi connectivity index (χ0) is 24.2. The fourth-order valence-corrected chi connectivity index (χ4v) is 3.73. The molecule has 1 heterocycles. The predicted molar refractivity (Wildman–Crippen MR) is 112 cm³/mol. The number of hydrogen-bond donors (Lipinski definition) is 4. The van der Waals surface area contributed by atoms with Crippen LogP contribution in [0.4, 0.5) is 28.9 Å². The maximum Gasteiger partial charge on any atom is 0.419 e. The lowest BCUT2D eigenvalue weighted by Gasteiger charge is -2.29. The van der Waals surface area contributed by atoms with Gasteiger partial charge in [-0.1, -0.05) is 18.2 Å². The van der Waals surface area contributed by atoms with E-state index in [0.29, 0.717) is 23.9 Å². The number of alkyl halides is 3. The van der Waals surface area contributed by atoms with Crippen LogP contribution in [0.3, 0.4) is 0 Å². The molecule has 3 rings (SSSR count). The number of aliphatic hydroxyl groups is 2. The Morgan fingerprint density at radius 2 is 1.85 bits per heavy atom. The van der Waals surface area contributed by atoms with Gasteiger partial charge in [0.1, 0.15) is 5.82 Å². The summed E-state index contributed by atoms with van der Waals surface area (Å²) in [6.45, 7) is 0.388. The smallest absolute Gasteiger partial charge is 0.395 e. The molecular weight excluding hydrogens is 446 g/mol. The highest BCUT2D eigenvalue weighted by Gasteiger charge is 2.35. The molecule has 0 aliphatic carbocycles. The first kappa shape index (κ1) is 24.6. The number of carbonyl (C=O) groups excluding carboxylic acids is 2. The number of aliphatic hydroxyl groups excluding tert-OH is 2. The minimum Gasteiger partial charge on any atom is -0.395 e. The van der Waals surface area contributed by atoms with E-state index in [1.54, 1.807) is 17.0 Å². The van der Waals surface area contributed by atoms with Crippen molar-refractivity contribution in [3.05, 3.63) is 58.4 Å². The van der Waals surface area contributed by atoms with Crippen LogP contribution in [0.1, 0.15) is 27.0 Å². The predicted octanol–water partition coefficient (Wildman–Crippen LogP) is 2.42. The zero-order valence-corrected chi connectivity index (χ0v) is 17.5. The monoisotopic (exact) mass is 469 g/mol. The minimum atomic E-state index is -4.90. The summed E-state index contributed by atoms with van der Waals surface area (Å²) < 4.78 is 53.3. The van der Waals surface area contributed by atoms with Crippen LogP contribution in [0, 0.1) is 5.82 Å². The van der Waals surface area contributed by atoms with E-state index < -0.39 is 35.4 Å². The lowest BCUT2D eigenvalue weighted by molar-refractivity contribution is -0.140. The van der Waals surface area contributed by atoms with Crippen molar-refractivity contribution in [2.75, 3.05) is 43.5 Å². The molecule has 4 N–H and O–H groups in total. The highest BCUT2D eigenvalue weighted by molar-refractivity contribution is 6.10. The number of fused-ring (bicyclic) bond motifs is 1. The number of halogens is 4. The first-order valence-corrected chi connectivity index (χ1v) is 10.2. The molecule has 0 aromatic heterocycles. The van der Waals surface area contributed by atoms with Crippen molar-refractivity contribution in [2.24, 2.45) is 0 Å². The summed E-state index contributed by atoms with van der Waals surface area (Å²) in [5.41, 5.74) is -0.622. The van der Waals surface area contributed by atoms with Gasteiger partial charge in [-0.25, -0.2) is 4.39 Å². The van der Waals surface area contributed by atoms with E-state index in [1.165, 1.54) is 0 Å². The number of anilines is 2. The molecular formula is C22H23F4N3O4. The molecule has 0 atom stereocenters. The largest absolute Gasteiger partial charge is 0.419 e. The van der Waals surface area contributed by atoms with E-state index in [2.05, 4.69) is 10.6 Å². The van der Waals surface area contributed by atoms with E-state index in [1.807, 2.05) is 0 Å². The van der Waals surface area contributed by atoms with Crippen molar-refractivity contribution >= 4 is 23.1 Å². The summed E-state index contributed by atoms with van der Waals surface area (Å²) in [6.07, 6.45) is -5.58. The quantitative estimate of drug-likeness (QED) is 0.443. The third-order valence-corrected chi connectivity index (χ3v) is 5.17. The Morgan fingerprint density at radius 3 is 2.52 bits per heavy atom. The molecule has 1 aliphatic heterocycles. The number of benzene rings is 2. The van der Waals surface area contributed by atoms with Gasteiger partial charge in [-0.3, -0.25) is 14.5 Å². The van der Waals surface area contributed by atoms with Crippen LogP contribution in [0.15, 0.2) is 30.3 Å². The molecule has 0 spiro atoms. The van der Waals surface area contributed by atoms with Gasteiger partial charge in [0.2, 0.25) is 5.91 Å². The topological polar surface area (TPSA) is 102 Å². The normalized spacial score (nSPS) is 14.2. The highest BCUT2D eigenvalue weighted by Crippen LogP contribution is 2.34. The van der Waals surface area contributed by atoms with Gasteiger partial charge in [-0.2, -0.15) is 13.2 Å². The van der Waals surface area contributed by atoms with E-state index in [9.17, 15) is 27.2 Å². The molecule has 2 aromatic rings. The number of rotatable bonds is 8. The fourth-order valence-electron chi connectivity index (χ4n) is 3.73. The van der Waals surface area contributed by atoms with Gasteiger partial charge in [-0.05, 0) is 23.3 Å². The van der Waals surface area contributed by atoms with Crippen LogP contribution in [-0.2, 0) is 23.9 Å². The molecule has 0 saturated carbocycles. The molecule has 0 radical (unpaired) electrons. The second-order valence-electron chi connectivity index (χ2n) is 7.53. The van der Waals surface area contributed by atoms with E-state index in [4.69, 9.17) is 10.2 Å². The molecule has 0 saturated heterocycles. The minimum absolute atomic E-state index is 0.00212. The maximum absolute atomic E-state index is 14.3. The van der Waals surface area contributed by atoms with Gasteiger partial charge in [0, 0.05) is 25.2 Å². The van der Waals surface area contributed by atoms with Crippen molar-refractivity contribution in [2.45, 2.75) is 19.1 Å². The second-order valence-corrected chi connectivity index (χ2v) is 7.53. The number of carbonyl (C=O) groups is 2. The molecule has 1 aliphatic rings. The molecule has 0 bridgehead atoms. The first-order chi connectivity index (χ1) is 15.7. The summed E-state index contributed by atoms with van der Waals surface area (Å²) in [4.78, 5) is 27.3. The third-order valence-electron chi connectivity index (χ3n) is 5.17. The Bertz CT molecular complexity index is 1040. The summed E-state index contributed by atoms with van der Waals surface area (Å²) >= 11 is 0. The molecule has 33 heavy (non-hydrogen) atoms. The number of hydrogen-bond acceptors (Lipinski definition) is 6. The average molecular weight is 469 g/mol. The van der Waals surface area contributed by atoms with Crippen molar-refractivity contribution in [3.63, 3.8) is 0 Å². The number of nitrogens with zero attached hydrogens (tertiary/aromatic N) is 1. The molecule has 1 amide bonds. The SMILES string of the molecule is O=C(Cc1cccc(C(F)(F)F)c1F)Nc1c(NCCO)ccc2c1C(=O)CN(CCO)C2. The summed E-state index contributed by atoms with van der Waals surface area (Å²) in [5.74, 6) is -2.65. The second kappa shape index (κ2) is 10.3. The number of nitrogens with one attached hydrogen (secondary N) is 2. The van der Waals surface area contributed by atoms with Crippen molar-refractivity contribution in [3.8, 4) is 0 Å². The standard InChI is InChI=1S/C22H23F4N3O4/c23-20-13(2-1-3-15(20)22(24,25)26)10-18(33)28-21-16(27-6-8-30)5-4-14-11-29(7-9-31)12-17(32)19(14)21/h1-5,27,30-31H,6-12H2,(H,28,33). The van der Waals surface area contributed by atoms with Gasteiger partial charge < -0.3 is 20.8 Å². The van der Waals surface area contributed by atoms with E-state index in [-0.39, 0.29) is 49.9 Å². The van der Waals surface area contributed by atoms with Crippen LogP contribution < -0.4 is 10.6 Å². The lowest BCUT2D eigenvalue weighted by atomic mass is 9.95. The molecule has 11 heteroatoms. The Morgan fingerprint density at radius 1 is 1.09 bits per heavy atom. The fraction of sp³-hybridized carbons (Fsp3) is 0.364. The average Bonchev–Trinajstić information content (AvgIpc) is 2.73. The van der Waals surface area contributed by atoms with E-state index >= 15 is 0 Å². The Labute approximate surface area is 187 Å². The van der Waals surface area contributed by atoms with Gasteiger partial charge >= 0.3 is 6.18 Å². The number of β-amino-alcohol motifs (C(OH)–C–C–N with tert-alkyl or cyclic N) is 1. The van der Waals surface area contributed by atoms with Crippen molar-refractivity contribution in [1.82, 2.24) is 4.90 Å². The summed E-state index contributed by atoms with van der Waals surface area (Å²) in [7, 11) is 0. The van der Waals surface area contributed by atoms with Crippen LogP contribution in [0.2, 0.25) is 0 Å². The molecule has 178 valence electrons. The number of Topliss-reactive ketones (excluding diaryl/α,β-unsaturated/α-hetero) is 1. The zero-order valence-electron chi connectivity index (χ0n) is 17.5. The molecule has 2 aromatic carbocycles. The summed E-state index contributed by atoms with van der Waals surface area (Å²) in [5, 5.41) is 23.7. The van der Waals surface area contributed by atoms with Gasteiger partial charge in [0.25, 0.3) is 0 Å². The molecule has 0 fully saturated rings.